The third-order valence-corrected chi connectivity index (χ3v) is 2.13. The molecule has 0 fully saturated rings. The highest BCUT2D eigenvalue weighted by molar-refractivity contribution is 6.05. The molecule has 0 saturated carbocycles. The third kappa shape index (κ3) is 2.51. The van der Waals surface area contributed by atoms with Gasteiger partial charge < -0.3 is 10.4 Å². The van der Waals surface area contributed by atoms with Crippen LogP contribution in [0.5, 0.6) is 5.75 Å². The monoisotopic (exact) mass is 249 g/mol. The molecule has 7 heteroatoms. The number of aromatic amines is 1. The second-order valence-electron chi connectivity index (χ2n) is 3.42. The van der Waals surface area contributed by atoms with E-state index in [1.54, 1.807) is 0 Å². The molecule has 0 spiro atoms. The maximum Gasteiger partial charge on any atom is 0.264 e. The van der Waals surface area contributed by atoms with Gasteiger partial charge in [0.1, 0.15) is 11.6 Å². The lowest BCUT2D eigenvalue weighted by Crippen LogP contribution is -2.15. The Morgan fingerprint density at radius 1 is 1.33 bits per heavy atom. The van der Waals surface area contributed by atoms with Gasteiger partial charge in [0.15, 0.2) is 5.82 Å². The van der Waals surface area contributed by atoms with Gasteiger partial charge in [-0.15, -0.1) is 0 Å². The van der Waals surface area contributed by atoms with Crippen molar-refractivity contribution in [2.24, 2.45) is 0 Å². The molecular formula is C11H8FN3O3. The molecule has 0 aliphatic carbocycles. The van der Waals surface area contributed by atoms with Crippen LogP contribution < -0.4 is 10.9 Å². The summed E-state index contributed by atoms with van der Waals surface area (Å²) in [6.45, 7) is 0. The summed E-state index contributed by atoms with van der Waals surface area (Å²) in [6, 6.07) is 5.51. The number of carbonyl (C=O) groups is 1. The van der Waals surface area contributed by atoms with Crippen LogP contribution in [0.15, 0.2) is 35.1 Å². The first-order valence-corrected chi connectivity index (χ1v) is 4.92. The van der Waals surface area contributed by atoms with Crippen molar-refractivity contribution in [1.82, 2.24) is 10.2 Å². The van der Waals surface area contributed by atoms with E-state index in [0.717, 1.165) is 18.2 Å². The molecule has 0 bridgehead atoms. The lowest BCUT2D eigenvalue weighted by Gasteiger charge is -2.05. The maximum atomic E-state index is 12.7. The second kappa shape index (κ2) is 4.66. The number of halogens is 1. The molecule has 1 aromatic heterocycles. The van der Waals surface area contributed by atoms with Crippen LogP contribution in [0.1, 0.15) is 10.4 Å². The number of anilines is 1. The number of phenolic OH excluding ortho intramolecular Hbond substituents is 1. The van der Waals surface area contributed by atoms with E-state index in [1.807, 2.05) is 0 Å². The minimum atomic E-state index is -0.660. The smallest absolute Gasteiger partial charge is 0.264 e. The predicted octanol–water partition coefficient (Wildman–Crippen LogP) is 0.867. The minimum Gasteiger partial charge on any atom is -0.507 e. The van der Waals surface area contributed by atoms with Gasteiger partial charge in [-0.3, -0.25) is 9.59 Å². The zero-order valence-electron chi connectivity index (χ0n) is 8.98. The van der Waals surface area contributed by atoms with E-state index in [2.05, 4.69) is 15.5 Å². The zero-order chi connectivity index (χ0) is 13.1. The van der Waals surface area contributed by atoms with Crippen LogP contribution in [0, 0.1) is 5.82 Å². The van der Waals surface area contributed by atoms with Gasteiger partial charge in [-0.05, 0) is 18.2 Å². The Morgan fingerprint density at radius 2 is 2.11 bits per heavy atom. The Bertz CT molecular complexity index is 634. The molecule has 0 aliphatic heterocycles. The van der Waals surface area contributed by atoms with E-state index < -0.39 is 23.0 Å². The van der Waals surface area contributed by atoms with E-state index in [1.165, 1.54) is 12.1 Å². The fourth-order valence-corrected chi connectivity index (χ4v) is 1.29. The van der Waals surface area contributed by atoms with Gasteiger partial charge in [0.25, 0.3) is 11.5 Å². The number of aromatic hydroxyl groups is 1. The number of nitrogens with one attached hydrogen (secondary N) is 2. The van der Waals surface area contributed by atoms with E-state index in [0.29, 0.717) is 0 Å². The maximum absolute atomic E-state index is 12.7. The van der Waals surface area contributed by atoms with Crippen molar-refractivity contribution in [2.45, 2.75) is 0 Å². The summed E-state index contributed by atoms with van der Waals surface area (Å²) in [7, 11) is 0. The van der Waals surface area contributed by atoms with Crippen molar-refractivity contribution in [3.8, 4) is 5.75 Å². The van der Waals surface area contributed by atoms with Gasteiger partial charge in [0.05, 0.1) is 5.56 Å². The van der Waals surface area contributed by atoms with Crippen LogP contribution in [-0.2, 0) is 0 Å². The number of benzene rings is 1. The van der Waals surface area contributed by atoms with Crippen molar-refractivity contribution in [3.05, 3.63) is 52.1 Å². The number of carbonyl (C=O) groups excluding carboxylic acids is 1. The number of H-pyrrole nitrogens is 1. The van der Waals surface area contributed by atoms with Crippen LogP contribution in [0.2, 0.25) is 0 Å². The Labute approximate surface area is 100 Å². The fraction of sp³-hybridized carbons (Fsp3) is 0. The van der Waals surface area contributed by atoms with Gasteiger partial charge in [-0.2, -0.15) is 5.10 Å². The zero-order valence-corrected chi connectivity index (χ0v) is 8.98. The van der Waals surface area contributed by atoms with Gasteiger partial charge in [-0.1, -0.05) is 0 Å². The number of hydrogen-bond donors (Lipinski definition) is 3. The molecule has 0 radical (unpaired) electrons. The van der Waals surface area contributed by atoms with Gasteiger partial charge in [0.2, 0.25) is 0 Å². The summed E-state index contributed by atoms with van der Waals surface area (Å²) < 4.78 is 12.7. The molecule has 92 valence electrons. The number of aromatic nitrogens is 2. The van der Waals surface area contributed by atoms with Crippen LogP contribution in [0.3, 0.4) is 0 Å². The summed E-state index contributed by atoms with van der Waals surface area (Å²) in [4.78, 5) is 22.5. The fourth-order valence-electron chi connectivity index (χ4n) is 1.29. The lowest BCUT2D eigenvalue weighted by atomic mass is 10.2. The number of amides is 1. The van der Waals surface area contributed by atoms with Crippen molar-refractivity contribution < 1.29 is 14.3 Å². The van der Waals surface area contributed by atoms with Crippen LogP contribution in [0.25, 0.3) is 0 Å². The molecule has 3 N–H and O–H groups in total. The van der Waals surface area contributed by atoms with E-state index in [-0.39, 0.29) is 11.4 Å². The van der Waals surface area contributed by atoms with E-state index >= 15 is 0 Å². The summed E-state index contributed by atoms with van der Waals surface area (Å²) >= 11 is 0. The first-order valence-electron chi connectivity index (χ1n) is 4.92. The Kier molecular flexibility index (Phi) is 3.05. The van der Waals surface area contributed by atoms with E-state index in [9.17, 15) is 19.1 Å². The molecule has 0 atom stereocenters. The summed E-state index contributed by atoms with van der Waals surface area (Å²) in [5.74, 6) is -1.67. The average Bonchev–Trinajstić information content (AvgIpc) is 2.32. The molecule has 0 unspecified atom stereocenters. The molecule has 0 aliphatic rings. The second-order valence-corrected chi connectivity index (χ2v) is 3.42. The molecule has 0 saturated heterocycles. The molecule has 18 heavy (non-hydrogen) atoms. The highest BCUT2D eigenvalue weighted by atomic mass is 19.1. The van der Waals surface area contributed by atoms with Gasteiger partial charge in [0, 0.05) is 12.1 Å². The molecule has 1 heterocycles. The first kappa shape index (κ1) is 11.8. The molecule has 2 aromatic rings. The third-order valence-electron chi connectivity index (χ3n) is 2.13. The number of hydrogen-bond acceptors (Lipinski definition) is 4. The molecule has 1 amide bonds. The number of rotatable bonds is 2. The van der Waals surface area contributed by atoms with Crippen LogP contribution in [0.4, 0.5) is 10.2 Å². The average molecular weight is 249 g/mol. The molecule has 2 rings (SSSR count). The predicted molar refractivity (Wildman–Crippen MR) is 60.9 cm³/mol. The minimum absolute atomic E-state index is 0.0931. The van der Waals surface area contributed by atoms with Gasteiger partial charge in [-0.25, -0.2) is 9.49 Å². The SMILES string of the molecule is O=C(Nc1ccc(=O)[nH]n1)c1ccc(F)cc1O. The summed E-state index contributed by atoms with van der Waals surface area (Å²) in [6.07, 6.45) is 0. The Hall–Kier alpha value is -2.70. The lowest BCUT2D eigenvalue weighted by molar-refractivity contribution is 0.102. The first-order chi connectivity index (χ1) is 8.56. The number of phenols is 1. The van der Waals surface area contributed by atoms with Crippen molar-refractivity contribution in [1.29, 1.82) is 0 Å². The van der Waals surface area contributed by atoms with Crippen LogP contribution in [-0.4, -0.2) is 21.2 Å². The van der Waals surface area contributed by atoms with Crippen LogP contribution >= 0.6 is 0 Å². The van der Waals surface area contributed by atoms with Crippen molar-refractivity contribution >= 4 is 11.7 Å². The molecular weight excluding hydrogens is 241 g/mol. The topological polar surface area (TPSA) is 95.1 Å². The molecule has 6 nitrogen and oxygen atoms in total. The standard InChI is InChI=1S/C11H8FN3O3/c12-6-1-2-7(8(16)5-6)11(18)13-9-3-4-10(17)15-14-9/h1-5,16H,(H,15,17)(H,13,14,18). The normalized spacial score (nSPS) is 10.1. The summed E-state index contributed by atoms with van der Waals surface area (Å²) in [5.41, 5.74) is -0.498. The number of nitrogens with zero attached hydrogens (tertiary/aromatic N) is 1. The quantitative estimate of drug-likeness (QED) is 0.735. The Balaban J connectivity index is 2.22. The Morgan fingerprint density at radius 3 is 2.72 bits per heavy atom. The van der Waals surface area contributed by atoms with Crippen molar-refractivity contribution in [2.75, 3.05) is 5.32 Å². The largest absolute Gasteiger partial charge is 0.507 e. The highest BCUT2D eigenvalue weighted by Crippen LogP contribution is 2.18. The summed E-state index contributed by atoms with van der Waals surface area (Å²) in [5, 5.41) is 17.5. The molecule has 1 aromatic carbocycles. The van der Waals surface area contributed by atoms with Crippen molar-refractivity contribution in [3.63, 3.8) is 0 Å². The van der Waals surface area contributed by atoms with E-state index in [4.69, 9.17) is 0 Å². The highest BCUT2D eigenvalue weighted by Gasteiger charge is 2.12. The van der Waals surface area contributed by atoms with Gasteiger partial charge >= 0.3 is 0 Å².